The second-order valence-electron chi connectivity index (χ2n) is 4.13. The third kappa shape index (κ3) is 1.80. The monoisotopic (exact) mass is 299 g/mol. The highest BCUT2D eigenvalue weighted by molar-refractivity contribution is 7.19. The molecule has 2 aromatic heterocycles. The number of hydrogen-bond acceptors (Lipinski definition) is 4. The van der Waals surface area contributed by atoms with Crippen molar-refractivity contribution in [3.05, 3.63) is 41.0 Å². The summed E-state index contributed by atoms with van der Waals surface area (Å²) in [7, 11) is 0. The number of aliphatic hydroxyl groups excluding tert-OH is 1. The maximum absolute atomic E-state index is 13.7. The number of halogens is 3. The van der Waals surface area contributed by atoms with Gasteiger partial charge in [0.15, 0.2) is 22.5 Å². The van der Waals surface area contributed by atoms with E-state index in [0.717, 1.165) is 23.5 Å². The van der Waals surface area contributed by atoms with Crippen LogP contribution >= 0.6 is 11.3 Å². The maximum atomic E-state index is 13.7. The predicted octanol–water partition coefficient (Wildman–Crippen LogP) is 2.68. The van der Waals surface area contributed by atoms with E-state index in [1.165, 1.54) is 4.52 Å². The molecule has 0 saturated carbocycles. The Morgan fingerprint density at radius 3 is 2.70 bits per heavy atom. The van der Waals surface area contributed by atoms with Gasteiger partial charge in [-0.15, -0.1) is 0 Å². The third-order valence-corrected chi connectivity index (χ3v) is 3.85. The maximum Gasteiger partial charge on any atom is 0.213 e. The van der Waals surface area contributed by atoms with E-state index in [9.17, 15) is 18.3 Å². The Kier molecular flexibility index (Phi) is 2.98. The van der Waals surface area contributed by atoms with E-state index < -0.39 is 17.5 Å². The number of nitrogens with zero attached hydrogens (tertiary/aromatic N) is 3. The van der Waals surface area contributed by atoms with Gasteiger partial charge in [-0.25, -0.2) is 22.7 Å². The number of fused-ring (bicyclic) bond motifs is 1. The lowest BCUT2D eigenvalue weighted by Crippen LogP contribution is -1.97. The Bertz CT molecular complexity index is 812. The highest BCUT2D eigenvalue weighted by atomic mass is 32.1. The van der Waals surface area contributed by atoms with Crippen molar-refractivity contribution in [3.63, 3.8) is 0 Å². The van der Waals surface area contributed by atoms with Crippen LogP contribution in [0.4, 0.5) is 13.2 Å². The fourth-order valence-electron chi connectivity index (χ4n) is 1.87. The Hall–Kier alpha value is -1.93. The quantitative estimate of drug-likeness (QED) is 0.740. The lowest BCUT2D eigenvalue weighted by Gasteiger charge is -2.00. The molecule has 104 valence electrons. The smallest absolute Gasteiger partial charge is 0.213 e. The van der Waals surface area contributed by atoms with Crippen molar-refractivity contribution in [2.45, 2.75) is 13.5 Å². The standard InChI is InChI=1S/C12H8F3N3OS/c1-5-8(4-19)18-12(16-5)20-11(17-18)6-2-3-7(13)10(15)9(6)14/h2-3,19H,4H2,1H3. The predicted molar refractivity (Wildman–Crippen MR) is 66.8 cm³/mol. The molecule has 0 spiro atoms. The molecule has 0 radical (unpaired) electrons. The summed E-state index contributed by atoms with van der Waals surface area (Å²) in [4.78, 5) is 4.62. The molecule has 2 heterocycles. The molecule has 0 aliphatic carbocycles. The van der Waals surface area contributed by atoms with Crippen LogP contribution < -0.4 is 0 Å². The van der Waals surface area contributed by atoms with Gasteiger partial charge >= 0.3 is 0 Å². The van der Waals surface area contributed by atoms with Crippen molar-refractivity contribution in [2.75, 3.05) is 0 Å². The summed E-state index contributed by atoms with van der Waals surface area (Å²) in [6.07, 6.45) is 0. The van der Waals surface area contributed by atoms with Gasteiger partial charge in [0, 0.05) is 0 Å². The Morgan fingerprint density at radius 1 is 1.25 bits per heavy atom. The van der Waals surface area contributed by atoms with Crippen LogP contribution in [0.15, 0.2) is 12.1 Å². The van der Waals surface area contributed by atoms with Crippen LogP contribution in [0.2, 0.25) is 0 Å². The van der Waals surface area contributed by atoms with E-state index in [2.05, 4.69) is 10.1 Å². The molecular formula is C12H8F3N3OS. The normalized spacial score (nSPS) is 11.4. The first-order chi connectivity index (χ1) is 9.52. The van der Waals surface area contributed by atoms with Gasteiger partial charge in [0.05, 0.1) is 23.6 Å². The SMILES string of the molecule is Cc1nc2sc(-c3ccc(F)c(F)c3F)nn2c1CO. The number of aryl methyl sites for hydroxylation is 1. The molecule has 4 nitrogen and oxygen atoms in total. The lowest BCUT2D eigenvalue weighted by atomic mass is 10.2. The molecular weight excluding hydrogens is 291 g/mol. The van der Waals surface area contributed by atoms with Gasteiger partial charge in [0.1, 0.15) is 0 Å². The van der Waals surface area contributed by atoms with Crippen LogP contribution in [0, 0.1) is 24.4 Å². The number of benzene rings is 1. The highest BCUT2D eigenvalue weighted by Crippen LogP contribution is 2.30. The highest BCUT2D eigenvalue weighted by Gasteiger charge is 2.20. The first-order valence-electron chi connectivity index (χ1n) is 5.62. The van der Waals surface area contributed by atoms with Crippen molar-refractivity contribution < 1.29 is 18.3 Å². The van der Waals surface area contributed by atoms with Crippen LogP contribution in [0.25, 0.3) is 15.5 Å². The van der Waals surface area contributed by atoms with Gasteiger partial charge in [0.25, 0.3) is 0 Å². The van der Waals surface area contributed by atoms with Gasteiger partial charge in [0.2, 0.25) is 4.96 Å². The molecule has 0 saturated heterocycles. The molecule has 0 unspecified atom stereocenters. The Balaban J connectivity index is 2.21. The van der Waals surface area contributed by atoms with Crippen molar-refractivity contribution in [2.24, 2.45) is 0 Å². The molecule has 0 aliphatic rings. The van der Waals surface area contributed by atoms with Crippen LogP contribution in [-0.2, 0) is 6.61 Å². The van der Waals surface area contributed by atoms with E-state index in [1.807, 2.05) is 0 Å². The van der Waals surface area contributed by atoms with Gasteiger partial charge in [-0.3, -0.25) is 0 Å². The molecule has 20 heavy (non-hydrogen) atoms. The van der Waals surface area contributed by atoms with E-state index in [1.54, 1.807) is 6.92 Å². The fourth-order valence-corrected chi connectivity index (χ4v) is 2.86. The first kappa shape index (κ1) is 13.1. The van der Waals surface area contributed by atoms with E-state index in [-0.39, 0.29) is 17.2 Å². The van der Waals surface area contributed by atoms with Gasteiger partial charge in [-0.1, -0.05) is 11.3 Å². The minimum atomic E-state index is -1.53. The van der Waals surface area contributed by atoms with E-state index in [0.29, 0.717) is 16.3 Å². The lowest BCUT2D eigenvalue weighted by molar-refractivity contribution is 0.273. The van der Waals surface area contributed by atoms with Crippen LogP contribution in [-0.4, -0.2) is 19.7 Å². The second kappa shape index (κ2) is 4.57. The van der Waals surface area contributed by atoms with Crippen molar-refractivity contribution >= 4 is 16.3 Å². The minimum Gasteiger partial charge on any atom is -0.390 e. The molecule has 0 amide bonds. The van der Waals surface area contributed by atoms with E-state index in [4.69, 9.17) is 0 Å². The first-order valence-corrected chi connectivity index (χ1v) is 6.44. The number of aliphatic hydroxyl groups is 1. The Labute approximate surface area is 115 Å². The molecule has 3 rings (SSSR count). The van der Waals surface area contributed by atoms with Crippen LogP contribution in [0.5, 0.6) is 0 Å². The molecule has 0 atom stereocenters. The molecule has 1 aromatic carbocycles. The number of aromatic nitrogens is 3. The number of hydrogen-bond donors (Lipinski definition) is 1. The van der Waals surface area contributed by atoms with Gasteiger partial charge in [-0.05, 0) is 19.1 Å². The zero-order valence-electron chi connectivity index (χ0n) is 10.2. The van der Waals surface area contributed by atoms with Gasteiger partial charge in [-0.2, -0.15) is 5.10 Å². The molecule has 0 bridgehead atoms. The molecule has 3 aromatic rings. The molecule has 0 fully saturated rings. The van der Waals surface area contributed by atoms with Crippen LogP contribution in [0.1, 0.15) is 11.4 Å². The Morgan fingerprint density at radius 2 is 2.00 bits per heavy atom. The van der Waals surface area contributed by atoms with E-state index >= 15 is 0 Å². The van der Waals surface area contributed by atoms with Crippen molar-refractivity contribution in [1.29, 1.82) is 0 Å². The average molecular weight is 299 g/mol. The molecule has 1 N–H and O–H groups in total. The second-order valence-corrected chi connectivity index (χ2v) is 5.08. The topological polar surface area (TPSA) is 50.4 Å². The zero-order chi connectivity index (χ0) is 14.4. The minimum absolute atomic E-state index is 0.138. The summed E-state index contributed by atoms with van der Waals surface area (Å²) in [5, 5.41) is 13.5. The molecule has 8 heteroatoms. The molecule has 0 aliphatic heterocycles. The number of rotatable bonds is 2. The van der Waals surface area contributed by atoms with Crippen molar-refractivity contribution in [3.8, 4) is 10.6 Å². The summed E-state index contributed by atoms with van der Waals surface area (Å²) >= 11 is 1.03. The van der Waals surface area contributed by atoms with Crippen molar-refractivity contribution in [1.82, 2.24) is 14.6 Å². The largest absolute Gasteiger partial charge is 0.390 e. The fraction of sp³-hybridized carbons (Fsp3) is 0.167. The third-order valence-electron chi connectivity index (χ3n) is 2.91. The zero-order valence-corrected chi connectivity index (χ0v) is 11.0. The van der Waals surface area contributed by atoms with Gasteiger partial charge < -0.3 is 5.11 Å². The summed E-state index contributed by atoms with van der Waals surface area (Å²) in [5.74, 6) is -4.07. The number of imidazole rings is 1. The summed E-state index contributed by atoms with van der Waals surface area (Å²) in [6.45, 7) is 1.45. The summed E-state index contributed by atoms with van der Waals surface area (Å²) < 4.78 is 41.2. The average Bonchev–Trinajstić information content (AvgIpc) is 2.92. The van der Waals surface area contributed by atoms with Crippen LogP contribution in [0.3, 0.4) is 0 Å². The summed E-state index contributed by atoms with van der Waals surface area (Å²) in [5.41, 5.74) is 0.954. The summed E-state index contributed by atoms with van der Waals surface area (Å²) in [6, 6.07) is 1.97.